The molecule has 0 aliphatic carbocycles. The summed E-state index contributed by atoms with van der Waals surface area (Å²) >= 11 is 0. The van der Waals surface area contributed by atoms with E-state index in [1.54, 1.807) is 10.7 Å². The number of hydrogen-bond acceptors (Lipinski definition) is 6. The second kappa shape index (κ2) is 9.80. The highest BCUT2D eigenvalue weighted by Gasteiger charge is 2.24. The van der Waals surface area contributed by atoms with Crippen LogP contribution in [0.3, 0.4) is 0 Å². The van der Waals surface area contributed by atoms with E-state index in [9.17, 15) is 4.79 Å². The fourth-order valence-corrected chi connectivity index (χ4v) is 4.17. The lowest BCUT2D eigenvalue weighted by Gasteiger charge is -2.27. The number of nitrogens with zero attached hydrogens (tertiary/aromatic N) is 6. The molecule has 35 heavy (non-hydrogen) atoms. The van der Waals surface area contributed by atoms with Crippen molar-refractivity contribution in [1.29, 1.82) is 0 Å². The summed E-state index contributed by atoms with van der Waals surface area (Å²) in [6, 6.07) is 20.6. The number of aromatic nitrogens is 5. The number of carbonyl (C=O) groups excluding carboxylic acids is 1. The average molecular weight is 467 g/mol. The van der Waals surface area contributed by atoms with Crippen LogP contribution < -0.4 is 4.90 Å². The lowest BCUT2D eigenvalue weighted by atomic mass is 10.1. The predicted molar refractivity (Wildman–Crippen MR) is 134 cm³/mol. The summed E-state index contributed by atoms with van der Waals surface area (Å²) in [4.78, 5) is 19.3. The van der Waals surface area contributed by atoms with Crippen molar-refractivity contribution in [3.05, 3.63) is 102 Å². The van der Waals surface area contributed by atoms with Crippen LogP contribution in [-0.4, -0.2) is 37.5 Å². The molecule has 0 saturated carbocycles. The lowest BCUT2D eigenvalue weighted by molar-refractivity contribution is 0.0602. The van der Waals surface area contributed by atoms with E-state index < -0.39 is 5.97 Å². The molecule has 0 radical (unpaired) electrons. The van der Waals surface area contributed by atoms with E-state index in [0.717, 1.165) is 34.6 Å². The van der Waals surface area contributed by atoms with Crippen molar-refractivity contribution in [1.82, 2.24) is 24.4 Å². The summed E-state index contributed by atoms with van der Waals surface area (Å²) in [5.74, 6) is 0.358. The first-order valence-corrected chi connectivity index (χ1v) is 11.5. The molecule has 8 heteroatoms. The van der Waals surface area contributed by atoms with Gasteiger partial charge in [-0.15, -0.1) is 0 Å². The summed E-state index contributed by atoms with van der Waals surface area (Å²) in [5, 5.41) is 9.06. The van der Waals surface area contributed by atoms with Crippen LogP contribution in [0.15, 0.2) is 85.5 Å². The Labute approximate surface area is 203 Å². The van der Waals surface area contributed by atoms with E-state index in [-0.39, 0.29) is 0 Å². The summed E-state index contributed by atoms with van der Waals surface area (Å²) in [6.07, 6.45) is 7.14. The molecular weight excluding hydrogens is 440 g/mol. The van der Waals surface area contributed by atoms with Crippen LogP contribution in [0.25, 0.3) is 16.8 Å². The Hall–Kier alpha value is -4.46. The molecule has 8 nitrogen and oxygen atoms in total. The minimum atomic E-state index is -0.470. The maximum Gasteiger partial charge on any atom is 0.343 e. The first-order chi connectivity index (χ1) is 17.2. The maximum atomic E-state index is 12.4. The quantitative estimate of drug-likeness (QED) is 0.311. The molecule has 0 amide bonds. The number of benzene rings is 2. The van der Waals surface area contributed by atoms with Crippen molar-refractivity contribution in [3.63, 3.8) is 0 Å². The number of methoxy groups -OCH3 is 1. The van der Waals surface area contributed by atoms with Crippen LogP contribution in [0.5, 0.6) is 0 Å². The number of ether oxygens (including phenoxy) is 1. The summed E-state index contributed by atoms with van der Waals surface area (Å²) < 4.78 is 8.58. The number of esters is 1. The van der Waals surface area contributed by atoms with Gasteiger partial charge in [-0.3, -0.25) is 4.68 Å². The first-order valence-electron chi connectivity index (χ1n) is 11.5. The molecule has 2 aromatic carbocycles. The molecule has 0 N–H and O–H groups in total. The molecule has 3 heterocycles. The minimum Gasteiger partial charge on any atom is -0.465 e. The number of anilines is 1. The van der Waals surface area contributed by atoms with Crippen LogP contribution in [0.2, 0.25) is 0 Å². The highest BCUT2D eigenvalue weighted by molar-refractivity contribution is 5.96. The molecule has 0 spiro atoms. The number of rotatable bonds is 8. The molecule has 5 rings (SSSR count). The van der Waals surface area contributed by atoms with Crippen molar-refractivity contribution in [2.24, 2.45) is 0 Å². The van der Waals surface area contributed by atoms with Crippen LogP contribution in [0.1, 0.15) is 28.4 Å². The number of fused-ring (bicyclic) bond motifs is 1. The van der Waals surface area contributed by atoms with E-state index in [4.69, 9.17) is 4.74 Å². The highest BCUT2D eigenvalue weighted by Crippen LogP contribution is 2.33. The molecule has 0 aliphatic rings. The van der Waals surface area contributed by atoms with Crippen molar-refractivity contribution < 1.29 is 9.53 Å². The first kappa shape index (κ1) is 22.3. The Bertz CT molecular complexity index is 1400. The molecule has 0 fully saturated rings. The Morgan fingerprint density at radius 2 is 1.57 bits per heavy atom. The molecule has 0 bridgehead atoms. The third kappa shape index (κ3) is 4.50. The van der Waals surface area contributed by atoms with Gasteiger partial charge in [0, 0.05) is 43.2 Å². The van der Waals surface area contributed by atoms with Gasteiger partial charge in [0.25, 0.3) is 0 Å². The third-order valence-corrected chi connectivity index (χ3v) is 5.91. The van der Waals surface area contributed by atoms with E-state index in [1.165, 1.54) is 13.3 Å². The zero-order valence-corrected chi connectivity index (χ0v) is 19.7. The van der Waals surface area contributed by atoms with E-state index in [0.29, 0.717) is 24.3 Å². The monoisotopic (exact) mass is 466 g/mol. The molecule has 0 saturated heterocycles. The highest BCUT2D eigenvalue weighted by atomic mass is 16.5. The molecule has 5 aromatic rings. The fourth-order valence-electron chi connectivity index (χ4n) is 4.17. The second-order valence-corrected chi connectivity index (χ2v) is 8.19. The van der Waals surface area contributed by atoms with Gasteiger partial charge in [-0.1, -0.05) is 60.7 Å². The Kier molecular flexibility index (Phi) is 6.26. The summed E-state index contributed by atoms with van der Waals surface area (Å²) in [7, 11) is 1.36. The van der Waals surface area contributed by atoms with Gasteiger partial charge in [-0.2, -0.15) is 14.7 Å². The molecular formula is C27H26N6O2. The van der Waals surface area contributed by atoms with Gasteiger partial charge in [0.05, 0.1) is 19.5 Å². The topological polar surface area (TPSA) is 77.5 Å². The van der Waals surface area contributed by atoms with Crippen LogP contribution >= 0.6 is 0 Å². The lowest BCUT2D eigenvalue weighted by Crippen LogP contribution is -2.25. The van der Waals surface area contributed by atoms with Crippen LogP contribution in [-0.2, 0) is 24.4 Å². The number of hydrogen-bond donors (Lipinski definition) is 0. The smallest absolute Gasteiger partial charge is 0.343 e. The van der Waals surface area contributed by atoms with Crippen molar-refractivity contribution >= 4 is 17.4 Å². The van der Waals surface area contributed by atoms with Gasteiger partial charge in [0.2, 0.25) is 0 Å². The predicted octanol–water partition coefficient (Wildman–Crippen LogP) is 4.61. The Balaban J connectivity index is 1.72. The molecule has 176 valence electrons. The Morgan fingerprint density at radius 1 is 0.914 bits per heavy atom. The summed E-state index contributed by atoms with van der Waals surface area (Å²) in [5.41, 5.74) is 4.89. The van der Waals surface area contributed by atoms with E-state index in [2.05, 4.69) is 44.3 Å². The number of aryl methyl sites for hydroxylation is 1. The van der Waals surface area contributed by atoms with Crippen molar-refractivity contribution in [2.45, 2.75) is 26.6 Å². The molecule has 0 unspecified atom stereocenters. The van der Waals surface area contributed by atoms with E-state index >= 15 is 0 Å². The SMILES string of the molecule is CCn1cc(-c2cnc3c(C(=O)OC)cnn3c2N(Cc2ccccc2)Cc2ccccc2)cn1. The zero-order valence-electron chi connectivity index (χ0n) is 19.7. The van der Waals surface area contributed by atoms with Crippen LogP contribution in [0, 0.1) is 0 Å². The third-order valence-electron chi connectivity index (χ3n) is 5.91. The van der Waals surface area contributed by atoms with Gasteiger partial charge >= 0.3 is 5.97 Å². The standard InChI is InChI=1S/C27H26N6O2/c1-3-32-19-22(14-29-32)23-15-28-25-24(27(34)35-2)16-30-33(25)26(23)31(17-20-10-6-4-7-11-20)18-21-12-8-5-9-13-21/h4-16,19H,3,17-18H2,1-2H3. The molecule has 3 aromatic heterocycles. The summed E-state index contributed by atoms with van der Waals surface area (Å²) in [6.45, 7) is 4.08. The van der Waals surface area contributed by atoms with Gasteiger partial charge in [-0.05, 0) is 18.1 Å². The van der Waals surface area contributed by atoms with Gasteiger partial charge in [0.15, 0.2) is 5.65 Å². The van der Waals surface area contributed by atoms with Crippen molar-refractivity contribution in [2.75, 3.05) is 12.0 Å². The normalized spacial score (nSPS) is 11.0. The second-order valence-electron chi connectivity index (χ2n) is 8.19. The molecule has 0 atom stereocenters. The fraction of sp³-hybridized carbons (Fsp3) is 0.185. The molecule has 0 aliphatic heterocycles. The zero-order chi connectivity index (χ0) is 24.2. The van der Waals surface area contributed by atoms with Crippen LogP contribution in [0.4, 0.5) is 5.82 Å². The van der Waals surface area contributed by atoms with Crippen molar-refractivity contribution in [3.8, 4) is 11.1 Å². The van der Waals surface area contributed by atoms with Gasteiger partial charge in [-0.25, -0.2) is 9.78 Å². The maximum absolute atomic E-state index is 12.4. The average Bonchev–Trinajstić information content (AvgIpc) is 3.56. The number of carbonyl (C=O) groups is 1. The Morgan fingerprint density at radius 3 is 2.14 bits per heavy atom. The largest absolute Gasteiger partial charge is 0.465 e. The van der Waals surface area contributed by atoms with Gasteiger partial charge in [0.1, 0.15) is 11.4 Å². The minimum absolute atomic E-state index is 0.323. The van der Waals surface area contributed by atoms with E-state index in [1.807, 2.05) is 60.4 Å². The van der Waals surface area contributed by atoms with Gasteiger partial charge < -0.3 is 9.64 Å².